The molecule has 3 rings (SSSR count). The van der Waals surface area contributed by atoms with Crippen LogP contribution < -0.4 is 5.32 Å². The molecule has 1 unspecified atom stereocenters. The molecule has 0 radical (unpaired) electrons. The number of H-pyrrole nitrogens is 1. The van der Waals surface area contributed by atoms with Gasteiger partial charge in [0.2, 0.25) is 0 Å². The first-order valence-corrected chi connectivity index (χ1v) is 8.99. The molecule has 1 aromatic heterocycles. The van der Waals surface area contributed by atoms with Gasteiger partial charge in [-0.25, -0.2) is 0 Å². The number of nitriles is 1. The first-order chi connectivity index (χ1) is 11.9. The Morgan fingerprint density at radius 1 is 1.28 bits per heavy atom. The van der Waals surface area contributed by atoms with Crippen LogP contribution in [0, 0.1) is 11.3 Å². The van der Waals surface area contributed by atoms with Crippen molar-refractivity contribution >= 4 is 17.4 Å². The molecule has 2 aromatic rings. The van der Waals surface area contributed by atoms with Crippen molar-refractivity contribution in [2.75, 3.05) is 5.32 Å². The lowest BCUT2D eigenvalue weighted by Crippen LogP contribution is -2.22. The van der Waals surface area contributed by atoms with Crippen molar-refractivity contribution in [3.05, 3.63) is 57.4 Å². The van der Waals surface area contributed by atoms with E-state index in [1.165, 1.54) is 0 Å². The number of allylic oxidation sites excluding steroid dienone is 2. The molecule has 0 fully saturated rings. The van der Waals surface area contributed by atoms with E-state index in [4.69, 9.17) is 11.6 Å². The first-order valence-electron chi connectivity index (χ1n) is 8.61. The SMILES string of the molecule is CCCC1=C(C#N)C(c2ccccc2Cl)c2c(n[nH]c2C(C)(C)C)N1. The predicted molar refractivity (Wildman–Crippen MR) is 102 cm³/mol. The van der Waals surface area contributed by atoms with Gasteiger partial charge in [-0.1, -0.05) is 63.9 Å². The molecule has 0 amide bonds. The predicted octanol–water partition coefficient (Wildman–Crippen LogP) is 5.50. The fourth-order valence-corrected chi connectivity index (χ4v) is 3.67. The Labute approximate surface area is 153 Å². The van der Waals surface area contributed by atoms with E-state index in [1.807, 2.05) is 24.3 Å². The zero-order chi connectivity index (χ0) is 18.2. The Hall–Kier alpha value is -2.25. The molecule has 0 bridgehead atoms. The zero-order valence-corrected chi connectivity index (χ0v) is 15.8. The molecular weight excluding hydrogens is 332 g/mol. The minimum atomic E-state index is -0.204. The van der Waals surface area contributed by atoms with Crippen molar-refractivity contribution in [3.8, 4) is 6.07 Å². The minimum Gasteiger partial charge on any atom is -0.341 e. The van der Waals surface area contributed by atoms with Crippen LogP contribution in [0.15, 0.2) is 35.5 Å². The van der Waals surface area contributed by atoms with E-state index in [0.29, 0.717) is 5.02 Å². The largest absolute Gasteiger partial charge is 0.341 e. The molecule has 0 aliphatic carbocycles. The van der Waals surface area contributed by atoms with Gasteiger partial charge >= 0.3 is 0 Å². The molecule has 2 heterocycles. The molecule has 130 valence electrons. The number of aromatic nitrogens is 2. The Morgan fingerprint density at radius 3 is 2.60 bits per heavy atom. The summed E-state index contributed by atoms with van der Waals surface area (Å²) in [6, 6.07) is 10.2. The summed E-state index contributed by atoms with van der Waals surface area (Å²) in [5.74, 6) is 0.599. The summed E-state index contributed by atoms with van der Waals surface area (Å²) in [5, 5.41) is 21.7. The van der Waals surface area contributed by atoms with E-state index in [-0.39, 0.29) is 11.3 Å². The second kappa shape index (κ2) is 6.57. The number of nitrogens with one attached hydrogen (secondary N) is 2. The van der Waals surface area contributed by atoms with E-state index >= 15 is 0 Å². The normalized spacial score (nSPS) is 17.0. The molecule has 2 N–H and O–H groups in total. The monoisotopic (exact) mass is 354 g/mol. The maximum absolute atomic E-state index is 9.95. The third-order valence-corrected chi connectivity index (χ3v) is 4.91. The topological polar surface area (TPSA) is 64.5 Å². The zero-order valence-electron chi connectivity index (χ0n) is 15.1. The Kier molecular flexibility index (Phi) is 4.62. The molecule has 0 saturated heterocycles. The summed E-state index contributed by atoms with van der Waals surface area (Å²) >= 11 is 6.52. The van der Waals surface area contributed by atoms with Gasteiger partial charge in [0.15, 0.2) is 5.82 Å². The average molecular weight is 355 g/mol. The van der Waals surface area contributed by atoms with Crippen LogP contribution in [0.4, 0.5) is 5.82 Å². The number of hydrogen-bond donors (Lipinski definition) is 2. The lowest BCUT2D eigenvalue weighted by molar-refractivity contribution is 0.558. The van der Waals surface area contributed by atoms with Gasteiger partial charge in [0.05, 0.1) is 17.6 Å². The third-order valence-electron chi connectivity index (χ3n) is 4.56. The first kappa shape index (κ1) is 17.6. The van der Waals surface area contributed by atoms with Crippen LogP contribution in [0.1, 0.15) is 63.3 Å². The van der Waals surface area contributed by atoms with Gasteiger partial charge in [0, 0.05) is 27.4 Å². The van der Waals surface area contributed by atoms with Gasteiger partial charge in [0.1, 0.15) is 0 Å². The Balaban J connectivity index is 2.30. The van der Waals surface area contributed by atoms with Crippen LogP contribution in [0.3, 0.4) is 0 Å². The maximum atomic E-state index is 9.95. The highest BCUT2D eigenvalue weighted by atomic mass is 35.5. The van der Waals surface area contributed by atoms with Crippen LogP contribution in [0.25, 0.3) is 0 Å². The van der Waals surface area contributed by atoms with Gasteiger partial charge in [-0.2, -0.15) is 10.4 Å². The summed E-state index contributed by atoms with van der Waals surface area (Å²) in [6.45, 7) is 8.53. The standard InChI is InChI=1S/C20H23ClN4/c1-5-8-15-13(11-22)16(12-9-6-7-10-14(12)21)17-18(20(2,3)4)24-25-19(17)23-15/h6-7,9-10,16H,5,8H2,1-4H3,(H2,23,24,25). The van der Waals surface area contributed by atoms with Crippen LogP contribution in [-0.2, 0) is 5.41 Å². The van der Waals surface area contributed by atoms with Gasteiger partial charge in [0.25, 0.3) is 0 Å². The van der Waals surface area contributed by atoms with Gasteiger partial charge in [-0.3, -0.25) is 5.10 Å². The number of anilines is 1. The molecule has 5 heteroatoms. The van der Waals surface area contributed by atoms with Crippen molar-refractivity contribution in [3.63, 3.8) is 0 Å². The van der Waals surface area contributed by atoms with Crippen molar-refractivity contribution in [2.45, 2.75) is 51.9 Å². The highest BCUT2D eigenvalue weighted by Gasteiger charge is 2.37. The quantitative estimate of drug-likeness (QED) is 0.765. The molecule has 1 atom stereocenters. The van der Waals surface area contributed by atoms with Gasteiger partial charge in [-0.15, -0.1) is 0 Å². The average Bonchev–Trinajstić information content (AvgIpc) is 2.98. The van der Waals surface area contributed by atoms with Crippen molar-refractivity contribution < 1.29 is 0 Å². The lowest BCUT2D eigenvalue weighted by Gasteiger charge is -2.30. The molecule has 25 heavy (non-hydrogen) atoms. The summed E-state index contributed by atoms with van der Waals surface area (Å²) in [5.41, 5.74) is 4.55. The number of rotatable bonds is 3. The van der Waals surface area contributed by atoms with E-state index in [0.717, 1.165) is 46.8 Å². The van der Waals surface area contributed by atoms with Gasteiger partial charge < -0.3 is 5.32 Å². The second-order valence-corrected chi connectivity index (χ2v) is 7.85. The maximum Gasteiger partial charge on any atom is 0.156 e. The summed E-state index contributed by atoms with van der Waals surface area (Å²) in [7, 11) is 0. The summed E-state index contributed by atoms with van der Waals surface area (Å²) in [6.07, 6.45) is 1.76. The van der Waals surface area contributed by atoms with Crippen molar-refractivity contribution in [2.24, 2.45) is 0 Å². The van der Waals surface area contributed by atoms with E-state index in [1.54, 1.807) is 0 Å². The molecular formula is C20H23ClN4. The lowest BCUT2D eigenvalue weighted by atomic mass is 9.77. The summed E-state index contributed by atoms with van der Waals surface area (Å²) in [4.78, 5) is 0. The fraction of sp³-hybridized carbons (Fsp3) is 0.400. The van der Waals surface area contributed by atoms with Crippen molar-refractivity contribution in [1.82, 2.24) is 10.2 Å². The molecule has 0 spiro atoms. The highest BCUT2D eigenvalue weighted by molar-refractivity contribution is 6.31. The van der Waals surface area contributed by atoms with E-state index in [2.05, 4.69) is 49.3 Å². The molecule has 1 aliphatic rings. The van der Waals surface area contributed by atoms with Crippen LogP contribution >= 0.6 is 11.6 Å². The number of benzene rings is 1. The minimum absolute atomic E-state index is 0.120. The molecule has 0 saturated carbocycles. The smallest absolute Gasteiger partial charge is 0.156 e. The Bertz CT molecular complexity index is 865. The fourth-order valence-electron chi connectivity index (χ4n) is 3.43. The van der Waals surface area contributed by atoms with Crippen LogP contribution in [-0.4, -0.2) is 10.2 Å². The number of halogens is 1. The third kappa shape index (κ3) is 3.05. The van der Waals surface area contributed by atoms with Crippen LogP contribution in [0.2, 0.25) is 5.02 Å². The number of nitrogens with zero attached hydrogens (tertiary/aromatic N) is 2. The second-order valence-electron chi connectivity index (χ2n) is 7.44. The summed E-state index contributed by atoms with van der Waals surface area (Å²) < 4.78 is 0. The Morgan fingerprint density at radius 2 is 2.00 bits per heavy atom. The molecule has 1 aromatic carbocycles. The van der Waals surface area contributed by atoms with E-state index in [9.17, 15) is 5.26 Å². The van der Waals surface area contributed by atoms with Crippen LogP contribution in [0.5, 0.6) is 0 Å². The van der Waals surface area contributed by atoms with Crippen molar-refractivity contribution in [1.29, 1.82) is 5.26 Å². The number of hydrogen-bond acceptors (Lipinski definition) is 3. The molecule has 1 aliphatic heterocycles. The number of aromatic amines is 1. The molecule has 4 nitrogen and oxygen atoms in total. The number of fused-ring (bicyclic) bond motifs is 1. The van der Waals surface area contributed by atoms with E-state index < -0.39 is 0 Å². The highest BCUT2D eigenvalue weighted by Crippen LogP contribution is 2.47. The van der Waals surface area contributed by atoms with Gasteiger partial charge in [-0.05, 0) is 18.1 Å².